The maximum Gasteiger partial charge on any atom is 0.431 e. The lowest BCUT2D eigenvalue weighted by molar-refractivity contribution is -0.136. The summed E-state index contributed by atoms with van der Waals surface area (Å²) >= 11 is 5.81. The van der Waals surface area contributed by atoms with Crippen LogP contribution in [-0.2, 0) is 11.2 Å². The van der Waals surface area contributed by atoms with Crippen LogP contribution in [0.2, 0.25) is 5.02 Å². The number of alkyl halides is 3. The van der Waals surface area contributed by atoms with Crippen LogP contribution in [0.3, 0.4) is 0 Å². The lowest BCUT2D eigenvalue weighted by Crippen LogP contribution is -2.33. The second-order valence-corrected chi connectivity index (χ2v) is 7.25. The highest BCUT2D eigenvalue weighted by atomic mass is 35.5. The lowest BCUT2D eigenvalue weighted by Gasteiger charge is -2.24. The third kappa shape index (κ3) is 5.63. The van der Waals surface area contributed by atoms with E-state index in [-0.39, 0.29) is 18.4 Å². The molecular formula is C20H16ClF5N2O3. The highest BCUT2D eigenvalue weighted by Gasteiger charge is 2.43. The van der Waals surface area contributed by atoms with Gasteiger partial charge in [-0.3, -0.25) is 9.80 Å². The summed E-state index contributed by atoms with van der Waals surface area (Å²) in [6, 6.07) is 6.79. The monoisotopic (exact) mass is 462 g/mol. The molecule has 1 atom stereocenters. The van der Waals surface area contributed by atoms with Gasteiger partial charge >= 0.3 is 12.1 Å². The number of ether oxygens (including phenoxy) is 1. The summed E-state index contributed by atoms with van der Waals surface area (Å²) in [5.74, 6) is -4.03. The van der Waals surface area contributed by atoms with Crippen molar-refractivity contribution < 1.29 is 36.6 Å². The molecule has 0 amide bonds. The van der Waals surface area contributed by atoms with E-state index in [0.717, 1.165) is 17.1 Å². The van der Waals surface area contributed by atoms with Gasteiger partial charge in [-0.15, -0.1) is 0 Å². The number of hydrazone groups is 1. The molecule has 0 bridgehead atoms. The highest BCUT2D eigenvalue weighted by Crippen LogP contribution is 2.33. The van der Waals surface area contributed by atoms with E-state index in [1.54, 1.807) is 0 Å². The van der Waals surface area contributed by atoms with Crippen LogP contribution in [0.15, 0.2) is 41.5 Å². The van der Waals surface area contributed by atoms with Gasteiger partial charge < -0.3 is 9.84 Å². The van der Waals surface area contributed by atoms with Gasteiger partial charge in [0.05, 0.1) is 11.7 Å². The standard InChI is InChI=1S/C20H16ClF5N2O3/c21-12-2-4-13(5-3-12)28-14(9-17(27-28)20(24,25)26)10-31-19-15(22)7-11(8-16(19)23)1-6-18(29)30/h2-5,7-8,14H,1,6,9-10H2,(H,29,30). The molecule has 0 spiro atoms. The zero-order chi connectivity index (χ0) is 22.8. The molecule has 166 valence electrons. The second-order valence-electron chi connectivity index (χ2n) is 6.82. The fourth-order valence-corrected chi connectivity index (χ4v) is 3.18. The van der Waals surface area contributed by atoms with E-state index in [4.69, 9.17) is 21.4 Å². The summed E-state index contributed by atoms with van der Waals surface area (Å²) in [5, 5.41) is 13.7. The van der Waals surface area contributed by atoms with E-state index in [0.29, 0.717) is 10.7 Å². The van der Waals surface area contributed by atoms with Gasteiger partial charge in [0, 0.05) is 17.9 Å². The van der Waals surface area contributed by atoms with Crippen molar-refractivity contribution in [1.82, 2.24) is 0 Å². The van der Waals surface area contributed by atoms with Crippen molar-refractivity contribution in [2.24, 2.45) is 5.10 Å². The lowest BCUT2D eigenvalue weighted by atomic mass is 10.1. The fraction of sp³-hybridized carbons (Fsp3) is 0.300. The summed E-state index contributed by atoms with van der Waals surface area (Å²) < 4.78 is 73.3. The summed E-state index contributed by atoms with van der Waals surface area (Å²) in [5.41, 5.74) is -0.612. The van der Waals surface area contributed by atoms with Gasteiger partial charge in [-0.25, -0.2) is 8.78 Å². The number of hydrogen-bond acceptors (Lipinski definition) is 4. The number of nitrogens with zero attached hydrogens (tertiary/aromatic N) is 2. The van der Waals surface area contributed by atoms with Gasteiger partial charge in [0.2, 0.25) is 0 Å². The number of anilines is 1. The van der Waals surface area contributed by atoms with Crippen LogP contribution in [0.4, 0.5) is 27.6 Å². The number of rotatable bonds is 7. The molecule has 1 aliphatic rings. The molecule has 0 radical (unpaired) electrons. The Morgan fingerprint density at radius 1 is 1.19 bits per heavy atom. The first-order valence-corrected chi connectivity index (χ1v) is 9.44. The van der Waals surface area contributed by atoms with Gasteiger partial charge in [-0.05, 0) is 48.4 Å². The highest BCUT2D eigenvalue weighted by molar-refractivity contribution is 6.30. The number of carboxylic acids is 1. The molecule has 0 aliphatic carbocycles. The zero-order valence-electron chi connectivity index (χ0n) is 15.8. The van der Waals surface area contributed by atoms with Crippen molar-refractivity contribution in [2.75, 3.05) is 11.6 Å². The third-order valence-corrected chi connectivity index (χ3v) is 4.78. The largest absolute Gasteiger partial charge is 0.485 e. The number of benzene rings is 2. The molecule has 2 aromatic rings. The predicted octanol–water partition coefficient (Wildman–Crippen LogP) is 5.21. The number of aliphatic carboxylic acids is 1. The molecule has 1 heterocycles. The van der Waals surface area contributed by atoms with Crippen LogP contribution in [0.5, 0.6) is 5.75 Å². The quantitative estimate of drug-likeness (QED) is 0.574. The van der Waals surface area contributed by atoms with Crippen LogP contribution in [0, 0.1) is 11.6 Å². The SMILES string of the molecule is O=C(O)CCc1cc(F)c(OCC2CC(C(F)(F)F)=NN2c2ccc(Cl)cc2)c(F)c1. The molecule has 1 unspecified atom stereocenters. The molecule has 1 N–H and O–H groups in total. The Bertz CT molecular complexity index is 972. The van der Waals surface area contributed by atoms with Crippen molar-refractivity contribution in [1.29, 1.82) is 0 Å². The molecule has 0 saturated heterocycles. The van der Waals surface area contributed by atoms with Gasteiger partial charge in [0.1, 0.15) is 12.3 Å². The molecule has 31 heavy (non-hydrogen) atoms. The maximum atomic E-state index is 14.3. The number of carboxylic acid groups (broad SMARTS) is 1. The Morgan fingerprint density at radius 2 is 1.81 bits per heavy atom. The number of hydrogen-bond donors (Lipinski definition) is 1. The number of halogens is 6. The Labute approximate surface area is 178 Å². The molecule has 2 aromatic carbocycles. The molecule has 0 aromatic heterocycles. The minimum Gasteiger partial charge on any atom is -0.485 e. The normalized spacial score (nSPS) is 16.4. The molecule has 0 fully saturated rings. The molecular weight excluding hydrogens is 447 g/mol. The van der Waals surface area contributed by atoms with Crippen LogP contribution in [0.1, 0.15) is 18.4 Å². The van der Waals surface area contributed by atoms with Crippen LogP contribution in [-0.4, -0.2) is 35.6 Å². The predicted molar refractivity (Wildman–Crippen MR) is 104 cm³/mol. The first-order valence-electron chi connectivity index (χ1n) is 9.06. The Hall–Kier alpha value is -2.88. The summed E-state index contributed by atoms with van der Waals surface area (Å²) in [7, 11) is 0. The van der Waals surface area contributed by atoms with E-state index in [2.05, 4.69) is 5.10 Å². The Kier molecular flexibility index (Phi) is 6.68. The van der Waals surface area contributed by atoms with Crippen molar-refractivity contribution in [3.8, 4) is 5.75 Å². The summed E-state index contributed by atoms with van der Waals surface area (Å²) in [6.45, 7) is -0.478. The second kappa shape index (κ2) is 9.09. The summed E-state index contributed by atoms with van der Waals surface area (Å²) in [6.07, 6.45) is -5.60. The minimum absolute atomic E-state index is 0.0841. The van der Waals surface area contributed by atoms with Crippen molar-refractivity contribution >= 4 is 29.0 Å². The van der Waals surface area contributed by atoms with Crippen molar-refractivity contribution in [3.05, 3.63) is 58.6 Å². The third-order valence-electron chi connectivity index (χ3n) is 4.53. The number of aryl methyl sites for hydroxylation is 1. The van der Waals surface area contributed by atoms with E-state index in [1.165, 1.54) is 24.3 Å². The average Bonchev–Trinajstić information content (AvgIpc) is 3.11. The molecule has 3 rings (SSSR count). The van der Waals surface area contributed by atoms with Gasteiger partial charge in [-0.2, -0.15) is 18.3 Å². The molecule has 0 saturated carbocycles. The molecule has 11 heteroatoms. The molecule has 5 nitrogen and oxygen atoms in total. The zero-order valence-corrected chi connectivity index (χ0v) is 16.6. The first-order chi connectivity index (χ1) is 14.5. The van der Waals surface area contributed by atoms with Crippen LogP contribution >= 0.6 is 11.6 Å². The van der Waals surface area contributed by atoms with Gasteiger partial charge in [-0.1, -0.05) is 11.6 Å². The van der Waals surface area contributed by atoms with E-state index < -0.39 is 54.3 Å². The van der Waals surface area contributed by atoms with Crippen LogP contribution < -0.4 is 9.75 Å². The van der Waals surface area contributed by atoms with E-state index in [9.17, 15) is 26.7 Å². The first kappa shape index (κ1) is 22.8. The Balaban J connectivity index is 1.78. The maximum absolute atomic E-state index is 14.3. The fourth-order valence-electron chi connectivity index (χ4n) is 3.05. The topological polar surface area (TPSA) is 62.1 Å². The Morgan fingerprint density at radius 3 is 2.35 bits per heavy atom. The smallest absolute Gasteiger partial charge is 0.431 e. The summed E-state index contributed by atoms with van der Waals surface area (Å²) in [4.78, 5) is 10.6. The van der Waals surface area contributed by atoms with Crippen molar-refractivity contribution in [3.63, 3.8) is 0 Å². The van der Waals surface area contributed by atoms with E-state index >= 15 is 0 Å². The van der Waals surface area contributed by atoms with E-state index in [1.807, 2.05) is 0 Å². The number of carbonyl (C=O) groups is 1. The van der Waals surface area contributed by atoms with Crippen LogP contribution in [0.25, 0.3) is 0 Å². The molecule has 1 aliphatic heterocycles. The minimum atomic E-state index is -4.66. The average molecular weight is 463 g/mol. The van der Waals surface area contributed by atoms with Gasteiger partial charge in [0.15, 0.2) is 17.4 Å². The van der Waals surface area contributed by atoms with Crippen molar-refractivity contribution in [2.45, 2.75) is 31.5 Å². The van der Waals surface area contributed by atoms with Gasteiger partial charge in [0.25, 0.3) is 0 Å².